The van der Waals surface area contributed by atoms with Gasteiger partial charge in [0, 0.05) is 37.9 Å². The first-order valence-corrected chi connectivity index (χ1v) is 11.0. The summed E-state index contributed by atoms with van der Waals surface area (Å²) in [5.74, 6) is 1.49. The summed E-state index contributed by atoms with van der Waals surface area (Å²) >= 11 is 0. The molecule has 1 aliphatic rings. The Morgan fingerprint density at radius 3 is 2.41 bits per heavy atom. The van der Waals surface area contributed by atoms with Crippen molar-refractivity contribution < 1.29 is 14.4 Å². The molecule has 0 radical (unpaired) electrons. The maximum atomic E-state index is 12.1. The van der Waals surface area contributed by atoms with E-state index in [1.54, 1.807) is 25.3 Å². The van der Waals surface area contributed by atoms with E-state index >= 15 is 0 Å². The van der Waals surface area contributed by atoms with Crippen LogP contribution in [0.1, 0.15) is 11.1 Å². The molecular weight excluding hydrogens is 436 g/mol. The van der Waals surface area contributed by atoms with Crippen molar-refractivity contribution in [2.24, 2.45) is 0 Å². The van der Waals surface area contributed by atoms with Gasteiger partial charge in [0.15, 0.2) is 0 Å². The number of methoxy groups -OCH3 is 2. The normalized spacial score (nSPS) is 13.5. The van der Waals surface area contributed by atoms with Gasteiger partial charge >= 0.3 is 5.69 Å². The SMILES string of the molecule is COc1ccc(OC)c(Nc2ncnc(N3CCN(c4cccc(C)c4C)CC3)c2[N+](=O)[O-])c1. The van der Waals surface area contributed by atoms with Gasteiger partial charge in [-0.2, -0.15) is 0 Å². The van der Waals surface area contributed by atoms with E-state index in [0.29, 0.717) is 36.1 Å². The van der Waals surface area contributed by atoms with Gasteiger partial charge in [-0.15, -0.1) is 0 Å². The van der Waals surface area contributed by atoms with E-state index in [2.05, 4.69) is 52.2 Å². The van der Waals surface area contributed by atoms with Crippen molar-refractivity contribution in [2.45, 2.75) is 13.8 Å². The molecule has 1 aliphatic heterocycles. The third-order valence-corrected chi connectivity index (χ3v) is 6.14. The zero-order valence-electron chi connectivity index (χ0n) is 19.7. The van der Waals surface area contributed by atoms with Crippen LogP contribution >= 0.6 is 0 Å². The minimum atomic E-state index is -0.443. The number of anilines is 4. The molecule has 0 spiro atoms. The fourth-order valence-electron chi connectivity index (χ4n) is 4.14. The van der Waals surface area contributed by atoms with Gasteiger partial charge in [-0.1, -0.05) is 12.1 Å². The third-order valence-electron chi connectivity index (χ3n) is 6.14. The molecule has 2 aromatic carbocycles. The standard InChI is InChI=1S/C24H28N6O4/c1-16-6-5-7-20(17(16)2)28-10-12-29(13-11-28)24-22(30(31)32)23(25-15-26-24)27-19-14-18(33-3)8-9-21(19)34-4/h5-9,14-15H,10-13H2,1-4H3,(H,25,26,27). The maximum Gasteiger partial charge on any atom is 0.353 e. The zero-order valence-corrected chi connectivity index (χ0v) is 19.7. The van der Waals surface area contributed by atoms with Gasteiger partial charge in [0.25, 0.3) is 0 Å². The first kappa shape index (κ1) is 23.1. The van der Waals surface area contributed by atoms with Gasteiger partial charge in [-0.25, -0.2) is 9.97 Å². The van der Waals surface area contributed by atoms with Crippen LogP contribution in [0.15, 0.2) is 42.7 Å². The molecule has 34 heavy (non-hydrogen) atoms. The lowest BCUT2D eigenvalue weighted by Gasteiger charge is -2.37. The predicted octanol–water partition coefficient (Wildman–Crippen LogP) is 4.09. The molecule has 0 unspecified atom stereocenters. The van der Waals surface area contributed by atoms with Crippen molar-refractivity contribution in [2.75, 3.05) is 55.5 Å². The van der Waals surface area contributed by atoms with Crippen molar-refractivity contribution >= 4 is 28.7 Å². The largest absolute Gasteiger partial charge is 0.497 e. The van der Waals surface area contributed by atoms with Gasteiger partial charge < -0.3 is 24.6 Å². The molecule has 178 valence electrons. The van der Waals surface area contributed by atoms with E-state index in [-0.39, 0.29) is 11.5 Å². The van der Waals surface area contributed by atoms with Gasteiger partial charge in [-0.05, 0) is 43.2 Å². The molecular formula is C24H28N6O4. The maximum absolute atomic E-state index is 12.1. The minimum Gasteiger partial charge on any atom is -0.497 e. The number of rotatable bonds is 7. The van der Waals surface area contributed by atoms with E-state index in [9.17, 15) is 10.1 Å². The molecule has 10 heteroatoms. The molecule has 2 heterocycles. The van der Waals surface area contributed by atoms with Crippen LogP contribution in [0.4, 0.5) is 28.7 Å². The van der Waals surface area contributed by atoms with Crippen LogP contribution in [0.3, 0.4) is 0 Å². The number of piperazine rings is 1. The summed E-state index contributed by atoms with van der Waals surface area (Å²) in [6.07, 6.45) is 1.34. The van der Waals surface area contributed by atoms with Crippen LogP contribution < -0.4 is 24.6 Å². The third kappa shape index (κ3) is 4.52. The van der Waals surface area contributed by atoms with Crippen LogP contribution in [0.5, 0.6) is 11.5 Å². The predicted molar refractivity (Wildman–Crippen MR) is 132 cm³/mol. The highest BCUT2D eigenvalue weighted by molar-refractivity contribution is 5.77. The second kappa shape index (κ2) is 9.82. The molecule has 1 fully saturated rings. The number of hydrogen-bond acceptors (Lipinski definition) is 9. The Morgan fingerprint density at radius 2 is 1.74 bits per heavy atom. The van der Waals surface area contributed by atoms with Crippen molar-refractivity contribution in [3.05, 3.63) is 64.0 Å². The molecule has 4 rings (SSSR count). The second-order valence-electron chi connectivity index (χ2n) is 8.04. The van der Waals surface area contributed by atoms with Crippen molar-refractivity contribution in [3.8, 4) is 11.5 Å². The highest BCUT2D eigenvalue weighted by atomic mass is 16.6. The van der Waals surface area contributed by atoms with E-state index in [4.69, 9.17) is 9.47 Å². The molecule has 3 aromatic rings. The average molecular weight is 465 g/mol. The number of hydrogen-bond donors (Lipinski definition) is 1. The minimum absolute atomic E-state index is 0.0958. The Kier molecular flexibility index (Phi) is 6.67. The lowest BCUT2D eigenvalue weighted by atomic mass is 10.1. The van der Waals surface area contributed by atoms with Gasteiger partial charge in [0.2, 0.25) is 11.6 Å². The summed E-state index contributed by atoms with van der Waals surface area (Å²) in [6, 6.07) is 11.5. The number of benzene rings is 2. The Morgan fingerprint density at radius 1 is 1.00 bits per heavy atom. The Bertz CT molecular complexity index is 1190. The lowest BCUT2D eigenvalue weighted by Crippen LogP contribution is -2.47. The molecule has 0 atom stereocenters. The van der Waals surface area contributed by atoms with E-state index < -0.39 is 4.92 Å². The Balaban J connectivity index is 1.60. The molecule has 0 bridgehead atoms. The number of ether oxygens (including phenoxy) is 2. The van der Waals surface area contributed by atoms with Crippen molar-refractivity contribution in [3.63, 3.8) is 0 Å². The molecule has 0 saturated carbocycles. The molecule has 0 amide bonds. The molecule has 1 saturated heterocycles. The van der Waals surface area contributed by atoms with Crippen LogP contribution in [-0.2, 0) is 0 Å². The summed E-state index contributed by atoms with van der Waals surface area (Å²) in [7, 11) is 3.08. The van der Waals surface area contributed by atoms with Crippen molar-refractivity contribution in [1.82, 2.24) is 9.97 Å². The van der Waals surface area contributed by atoms with E-state index in [1.807, 2.05) is 4.90 Å². The summed E-state index contributed by atoms with van der Waals surface area (Å²) in [4.78, 5) is 24.4. The number of nitrogens with one attached hydrogen (secondary N) is 1. The van der Waals surface area contributed by atoms with Crippen LogP contribution in [0, 0.1) is 24.0 Å². The second-order valence-corrected chi connectivity index (χ2v) is 8.04. The van der Waals surface area contributed by atoms with E-state index in [1.165, 1.54) is 30.3 Å². The highest BCUT2D eigenvalue weighted by Crippen LogP contribution is 2.38. The van der Waals surface area contributed by atoms with Gasteiger partial charge in [-0.3, -0.25) is 10.1 Å². The fourth-order valence-corrected chi connectivity index (χ4v) is 4.14. The number of nitrogens with zero attached hydrogens (tertiary/aromatic N) is 5. The highest BCUT2D eigenvalue weighted by Gasteiger charge is 2.30. The average Bonchev–Trinajstić information content (AvgIpc) is 2.85. The molecule has 1 aromatic heterocycles. The summed E-state index contributed by atoms with van der Waals surface area (Å²) in [5.41, 5.74) is 4.03. The summed E-state index contributed by atoms with van der Waals surface area (Å²) in [5, 5.41) is 15.2. The summed E-state index contributed by atoms with van der Waals surface area (Å²) in [6.45, 7) is 6.90. The Hall–Kier alpha value is -4.08. The van der Waals surface area contributed by atoms with E-state index in [0.717, 1.165) is 13.1 Å². The topological polar surface area (TPSA) is 106 Å². The first-order chi connectivity index (χ1) is 16.4. The van der Waals surface area contributed by atoms with Gasteiger partial charge in [0.1, 0.15) is 17.8 Å². The Labute approximate surface area is 198 Å². The fraction of sp³-hybridized carbons (Fsp3) is 0.333. The summed E-state index contributed by atoms with van der Waals surface area (Å²) < 4.78 is 10.7. The quantitative estimate of drug-likeness (QED) is 0.409. The molecule has 0 aliphatic carbocycles. The lowest BCUT2D eigenvalue weighted by molar-refractivity contribution is -0.383. The van der Waals surface area contributed by atoms with Crippen LogP contribution in [0.2, 0.25) is 0 Å². The van der Waals surface area contributed by atoms with Crippen LogP contribution in [0.25, 0.3) is 0 Å². The smallest absolute Gasteiger partial charge is 0.353 e. The first-order valence-electron chi connectivity index (χ1n) is 11.0. The van der Waals surface area contributed by atoms with Crippen molar-refractivity contribution in [1.29, 1.82) is 0 Å². The number of nitro groups is 1. The van der Waals surface area contributed by atoms with Crippen LogP contribution in [-0.4, -0.2) is 55.3 Å². The molecule has 1 N–H and O–H groups in total. The monoisotopic (exact) mass is 464 g/mol. The zero-order chi connectivity index (χ0) is 24.2. The number of aromatic nitrogens is 2. The number of aryl methyl sites for hydroxylation is 1. The molecule has 10 nitrogen and oxygen atoms in total. The van der Waals surface area contributed by atoms with Gasteiger partial charge in [0.05, 0.1) is 24.8 Å².